The maximum absolute atomic E-state index is 8.74. The van der Waals surface area contributed by atoms with Crippen LogP contribution in [-0.2, 0) is 0 Å². The zero-order chi connectivity index (χ0) is 10.7. The summed E-state index contributed by atoms with van der Waals surface area (Å²) in [6, 6.07) is 8.18. The van der Waals surface area contributed by atoms with E-state index in [1.807, 2.05) is 12.1 Å². The summed E-state index contributed by atoms with van der Waals surface area (Å²) < 4.78 is 0. The molecule has 1 aliphatic rings. The van der Waals surface area contributed by atoms with Gasteiger partial charge in [0.15, 0.2) is 0 Å². The highest BCUT2D eigenvalue weighted by Gasteiger charge is 2.14. The second-order valence-electron chi connectivity index (χ2n) is 4.04. The molecule has 78 valence electrons. The minimum Gasteiger partial charge on any atom is -0.398 e. The van der Waals surface area contributed by atoms with E-state index in [0.717, 1.165) is 5.69 Å². The number of benzene rings is 1. The first kappa shape index (κ1) is 9.85. The Balaban J connectivity index is 2.09. The lowest BCUT2D eigenvalue weighted by Crippen LogP contribution is -2.14. The van der Waals surface area contributed by atoms with Gasteiger partial charge in [-0.3, -0.25) is 0 Å². The molecule has 0 radical (unpaired) electrons. The second kappa shape index (κ2) is 4.22. The predicted molar refractivity (Wildman–Crippen MR) is 61.4 cm³/mol. The molecule has 1 fully saturated rings. The molecule has 0 heterocycles. The molecule has 0 spiro atoms. The molecular weight excluding hydrogens is 186 g/mol. The fraction of sp³-hybridized carbons (Fsp3) is 0.417. The van der Waals surface area contributed by atoms with E-state index in [-0.39, 0.29) is 0 Å². The van der Waals surface area contributed by atoms with Crippen molar-refractivity contribution in [1.82, 2.24) is 0 Å². The van der Waals surface area contributed by atoms with Crippen molar-refractivity contribution in [3.63, 3.8) is 0 Å². The number of anilines is 2. The van der Waals surface area contributed by atoms with E-state index >= 15 is 0 Å². The van der Waals surface area contributed by atoms with Gasteiger partial charge in [0.05, 0.1) is 11.3 Å². The van der Waals surface area contributed by atoms with Crippen LogP contribution in [0.3, 0.4) is 0 Å². The van der Waals surface area contributed by atoms with Crippen LogP contribution in [0.5, 0.6) is 0 Å². The third-order valence-corrected chi connectivity index (χ3v) is 2.90. The van der Waals surface area contributed by atoms with Crippen LogP contribution in [0.15, 0.2) is 18.2 Å². The molecular formula is C12H15N3. The first-order valence-electron chi connectivity index (χ1n) is 5.36. The van der Waals surface area contributed by atoms with Gasteiger partial charge >= 0.3 is 0 Å². The van der Waals surface area contributed by atoms with Crippen molar-refractivity contribution in [2.45, 2.75) is 31.7 Å². The Morgan fingerprint density at radius 1 is 1.33 bits per heavy atom. The van der Waals surface area contributed by atoms with Gasteiger partial charge < -0.3 is 11.1 Å². The fourth-order valence-electron chi connectivity index (χ4n) is 2.06. The maximum Gasteiger partial charge on any atom is 0.101 e. The van der Waals surface area contributed by atoms with Gasteiger partial charge in [0.25, 0.3) is 0 Å². The molecule has 1 saturated carbocycles. The molecule has 0 aliphatic heterocycles. The average Bonchev–Trinajstić information content (AvgIpc) is 2.71. The number of nitrogen functional groups attached to an aromatic ring is 1. The van der Waals surface area contributed by atoms with E-state index in [9.17, 15) is 0 Å². The molecule has 1 aliphatic carbocycles. The molecule has 15 heavy (non-hydrogen) atoms. The zero-order valence-electron chi connectivity index (χ0n) is 8.66. The van der Waals surface area contributed by atoms with Crippen molar-refractivity contribution in [1.29, 1.82) is 5.26 Å². The normalized spacial score (nSPS) is 16.2. The minimum absolute atomic E-state index is 0.548. The van der Waals surface area contributed by atoms with Crippen LogP contribution < -0.4 is 11.1 Å². The summed E-state index contributed by atoms with van der Waals surface area (Å²) in [6.07, 6.45) is 5.09. The van der Waals surface area contributed by atoms with E-state index < -0.39 is 0 Å². The SMILES string of the molecule is N#Cc1ccc(NC2CCCC2)cc1N. The molecule has 3 N–H and O–H groups in total. The third kappa shape index (κ3) is 2.21. The lowest BCUT2D eigenvalue weighted by Gasteiger charge is -2.13. The van der Waals surface area contributed by atoms with E-state index in [1.165, 1.54) is 25.7 Å². The largest absolute Gasteiger partial charge is 0.398 e. The Bertz CT molecular complexity index is 386. The van der Waals surface area contributed by atoms with Crippen molar-refractivity contribution in [2.75, 3.05) is 11.1 Å². The first-order valence-corrected chi connectivity index (χ1v) is 5.36. The van der Waals surface area contributed by atoms with E-state index in [0.29, 0.717) is 17.3 Å². The molecule has 1 aromatic carbocycles. The van der Waals surface area contributed by atoms with Gasteiger partial charge in [-0.15, -0.1) is 0 Å². The van der Waals surface area contributed by atoms with Gasteiger partial charge in [-0.25, -0.2) is 0 Å². The molecule has 0 amide bonds. The van der Waals surface area contributed by atoms with E-state index in [2.05, 4.69) is 11.4 Å². The Hall–Kier alpha value is -1.69. The third-order valence-electron chi connectivity index (χ3n) is 2.90. The van der Waals surface area contributed by atoms with Gasteiger partial charge in [0, 0.05) is 11.7 Å². The van der Waals surface area contributed by atoms with Crippen molar-refractivity contribution >= 4 is 11.4 Å². The Morgan fingerprint density at radius 2 is 2.07 bits per heavy atom. The lowest BCUT2D eigenvalue weighted by molar-refractivity contribution is 0.755. The standard InChI is InChI=1S/C12H15N3/c13-8-9-5-6-11(7-12(9)14)15-10-3-1-2-4-10/h5-7,10,15H,1-4,14H2. The van der Waals surface area contributed by atoms with Gasteiger partial charge in [0.2, 0.25) is 0 Å². The van der Waals surface area contributed by atoms with Crippen LogP contribution in [0, 0.1) is 11.3 Å². The number of rotatable bonds is 2. The molecule has 0 bridgehead atoms. The first-order chi connectivity index (χ1) is 7.29. The number of hydrogen-bond donors (Lipinski definition) is 2. The van der Waals surface area contributed by atoms with Crippen molar-refractivity contribution in [2.24, 2.45) is 0 Å². The quantitative estimate of drug-likeness (QED) is 0.722. The highest BCUT2D eigenvalue weighted by molar-refractivity contribution is 5.62. The molecule has 3 heteroatoms. The van der Waals surface area contributed by atoms with Crippen LogP contribution in [0.1, 0.15) is 31.2 Å². The topological polar surface area (TPSA) is 61.8 Å². The number of nitrogens with one attached hydrogen (secondary N) is 1. The van der Waals surface area contributed by atoms with Crippen LogP contribution in [-0.4, -0.2) is 6.04 Å². The predicted octanol–water partition coefficient (Wildman–Crippen LogP) is 2.49. The summed E-state index contributed by atoms with van der Waals surface area (Å²) in [7, 11) is 0. The van der Waals surface area contributed by atoms with Crippen molar-refractivity contribution < 1.29 is 0 Å². The van der Waals surface area contributed by atoms with Crippen LogP contribution in [0.25, 0.3) is 0 Å². The number of nitrogens with two attached hydrogens (primary N) is 1. The van der Waals surface area contributed by atoms with Gasteiger partial charge in [0.1, 0.15) is 6.07 Å². The lowest BCUT2D eigenvalue weighted by atomic mass is 10.1. The molecule has 0 unspecified atom stereocenters. The molecule has 0 aromatic heterocycles. The van der Waals surface area contributed by atoms with Crippen LogP contribution >= 0.6 is 0 Å². The van der Waals surface area contributed by atoms with E-state index in [4.69, 9.17) is 11.0 Å². The summed E-state index contributed by atoms with van der Waals surface area (Å²) in [5, 5.41) is 12.2. The Labute approximate surface area is 89.9 Å². The molecule has 3 nitrogen and oxygen atoms in total. The molecule has 0 saturated heterocycles. The monoisotopic (exact) mass is 201 g/mol. The summed E-state index contributed by atoms with van der Waals surface area (Å²) in [4.78, 5) is 0. The smallest absolute Gasteiger partial charge is 0.101 e. The zero-order valence-corrected chi connectivity index (χ0v) is 8.66. The maximum atomic E-state index is 8.74. The van der Waals surface area contributed by atoms with Crippen LogP contribution in [0.4, 0.5) is 11.4 Å². The van der Waals surface area contributed by atoms with E-state index in [1.54, 1.807) is 6.07 Å². The summed E-state index contributed by atoms with van der Waals surface area (Å²) in [5.41, 5.74) is 7.87. The summed E-state index contributed by atoms with van der Waals surface area (Å²) in [6.45, 7) is 0. The van der Waals surface area contributed by atoms with Crippen molar-refractivity contribution in [3.8, 4) is 6.07 Å². The molecule has 2 rings (SSSR count). The number of nitriles is 1. The second-order valence-corrected chi connectivity index (χ2v) is 4.04. The number of nitrogens with zero attached hydrogens (tertiary/aromatic N) is 1. The van der Waals surface area contributed by atoms with Crippen molar-refractivity contribution in [3.05, 3.63) is 23.8 Å². The van der Waals surface area contributed by atoms with Gasteiger partial charge in [-0.1, -0.05) is 12.8 Å². The summed E-state index contributed by atoms with van der Waals surface area (Å²) >= 11 is 0. The Kier molecular flexibility index (Phi) is 2.77. The average molecular weight is 201 g/mol. The highest BCUT2D eigenvalue weighted by atomic mass is 14.9. The van der Waals surface area contributed by atoms with Gasteiger partial charge in [-0.2, -0.15) is 5.26 Å². The number of hydrogen-bond acceptors (Lipinski definition) is 3. The molecule has 0 atom stereocenters. The fourth-order valence-corrected chi connectivity index (χ4v) is 2.06. The minimum atomic E-state index is 0.548. The van der Waals surface area contributed by atoms with Crippen LogP contribution in [0.2, 0.25) is 0 Å². The summed E-state index contributed by atoms with van der Waals surface area (Å²) in [5.74, 6) is 0. The highest BCUT2D eigenvalue weighted by Crippen LogP contribution is 2.24. The Morgan fingerprint density at radius 3 is 2.67 bits per heavy atom. The molecule has 1 aromatic rings. The van der Waals surface area contributed by atoms with Gasteiger partial charge in [-0.05, 0) is 31.0 Å².